The first-order valence-corrected chi connectivity index (χ1v) is 8.89. The average molecular weight is 347 g/mol. The average Bonchev–Trinajstić information content (AvgIpc) is 2.69. The Morgan fingerprint density at radius 2 is 1.88 bits per heavy atom. The van der Waals surface area contributed by atoms with Gasteiger partial charge in [-0.2, -0.15) is 0 Å². The number of hydrogen-bond donors (Lipinski definition) is 2. The molecule has 1 saturated heterocycles. The summed E-state index contributed by atoms with van der Waals surface area (Å²) in [6.07, 6.45) is 3.02. The minimum absolute atomic E-state index is 0.139. The number of amides is 1. The largest absolute Gasteiger partial charge is 0.393 e. The van der Waals surface area contributed by atoms with Crippen LogP contribution in [0.25, 0.3) is 10.9 Å². The fourth-order valence-corrected chi connectivity index (χ4v) is 3.37. The van der Waals surface area contributed by atoms with E-state index < -0.39 is 0 Å². The Bertz CT molecular complexity index is 933. The molecule has 2 aromatic carbocycles. The van der Waals surface area contributed by atoms with Crippen LogP contribution < -0.4 is 10.2 Å². The van der Waals surface area contributed by atoms with Crippen molar-refractivity contribution in [3.8, 4) is 0 Å². The summed E-state index contributed by atoms with van der Waals surface area (Å²) >= 11 is 0. The van der Waals surface area contributed by atoms with Crippen molar-refractivity contribution in [2.45, 2.75) is 18.9 Å². The summed E-state index contributed by atoms with van der Waals surface area (Å²) in [4.78, 5) is 19.3. The Hall–Kier alpha value is -2.92. The van der Waals surface area contributed by atoms with E-state index in [2.05, 4.69) is 15.2 Å². The molecule has 3 aromatic rings. The van der Waals surface area contributed by atoms with Crippen LogP contribution in [0.3, 0.4) is 0 Å². The van der Waals surface area contributed by atoms with Gasteiger partial charge in [-0.3, -0.25) is 9.78 Å². The molecule has 0 radical (unpaired) electrons. The summed E-state index contributed by atoms with van der Waals surface area (Å²) in [6, 6.07) is 17.2. The van der Waals surface area contributed by atoms with E-state index in [1.807, 2.05) is 48.5 Å². The van der Waals surface area contributed by atoms with Crippen molar-refractivity contribution in [2.75, 3.05) is 23.3 Å². The first-order chi connectivity index (χ1) is 12.7. The van der Waals surface area contributed by atoms with E-state index in [0.717, 1.165) is 48.2 Å². The number of nitrogens with one attached hydrogen (secondary N) is 1. The molecule has 5 nitrogen and oxygen atoms in total. The highest BCUT2D eigenvalue weighted by Crippen LogP contribution is 2.29. The van der Waals surface area contributed by atoms with Crippen LogP contribution in [0.5, 0.6) is 0 Å². The van der Waals surface area contributed by atoms with Gasteiger partial charge in [0.05, 0.1) is 23.0 Å². The normalized spacial score (nSPS) is 15.2. The number of aromatic nitrogens is 1. The molecule has 2 N–H and O–H groups in total. The van der Waals surface area contributed by atoms with Gasteiger partial charge in [0, 0.05) is 30.2 Å². The lowest BCUT2D eigenvalue weighted by molar-refractivity contribution is 0.102. The van der Waals surface area contributed by atoms with Crippen LogP contribution in [0, 0.1) is 0 Å². The monoisotopic (exact) mass is 347 g/mol. The predicted molar refractivity (Wildman–Crippen MR) is 104 cm³/mol. The molecule has 1 aliphatic heterocycles. The zero-order valence-electron chi connectivity index (χ0n) is 14.4. The number of hydrogen-bond acceptors (Lipinski definition) is 4. The molecule has 0 unspecified atom stereocenters. The van der Waals surface area contributed by atoms with Crippen molar-refractivity contribution in [2.24, 2.45) is 0 Å². The molecule has 1 aliphatic rings. The van der Waals surface area contributed by atoms with Gasteiger partial charge in [-0.15, -0.1) is 0 Å². The third kappa shape index (κ3) is 3.39. The Labute approximate surface area is 152 Å². The number of carbonyl (C=O) groups excluding carboxylic acids is 1. The quantitative estimate of drug-likeness (QED) is 0.762. The van der Waals surface area contributed by atoms with Crippen LogP contribution in [0.15, 0.2) is 60.8 Å². The molecule has 132 valence electrons. The van der Waals surface area contributed by atoms with Crippen LogP contribution in [0.2, 0.25) is 0 Å². The van der Waals surface area contributed by atoms with Gasteiger partial charge >= 0.3 is 0 Å². The maximum Gasteiger partial charge on any atom is 0.255 e. The minimum atomic E-state index is -0.223. The molecule has 2 heterocycles. The number of piperidine rings is 1. The number of aliphatic hydroxyl groups excluding tert-OH is 1. The summed E-state index contributed by atoms with van der Waals surface area (Å²) in [7, 11) is 0. The molecule has 0 aliphatic carbocycles. The molecule has 1 fully saturated rings. The second-order valence-corrected chi connectivity index (χ2v) is 6.60. The van der Waals surface area contributed by atoms with Crippen LogP contribution in [-0.4, -0.2) is 35.2 Å². The summed E-state index contributed by atoms with van der Waals surface area (Å²) in [5, 5.41) is 13.7. The molecule has 0 bridgehead atoms. The zero-order chi connectivity index (χ0) is 17.9. The van der Waals surface area contributed by atoms with E-state index >= 15 is 0 Å². The van der Waals surface area contributed by atoms with Gasteiger partial charge in [0.2, 0.25) is 0 Å². The van der Waals surface area contributed by atoms with Gasteiger partial charge < -0.3 is 15.3 Å². The minimum Gasteiger partial charge on any atom is -0.393 e. The molecule has 1 amide bonds. The van der Waals surface area contributed by atoms with E-state index in [9.17, 15) is 9.90 Å². The van der Waals surface area contributed by atoms with E-state index in [4.69, 9.17) is 0 Å². The molecule has 4 rings (SSSR count). The Morgan fingerprint density at radius 3 is 2.73 bits per heavy atom. The van der Waals surface area contributed by atoms with Crippen LogP contribution >= 0.6 is 0 Å². The van der Waals surface area contributed by atoms with Crippen molar-refractivity contribution in [3.63, 3.8) is 0 Å². The molecule has 26 heavy (non-hydrogen) atoms. The highest BCUT2D eigenvalue weighted by atomic mass is 16.3. The number of nitrogens with zero attached hydrogens (tertiary/aromatic N) is 2. The Kier molecular flexibility index (Phi) is 4.54. The van der Waals surface area contributed by atoms with E-state index in [0.29, 0.717) is 5.56 Å². The number of pyridine rings is 1. The lowest BCUT2D eigenvalue weighted by atomic mass is 10.1. The van der Waals surface area contributed by atoms with Gasteiger partial charge in [0.15, 0.2) is 0 Å². The Morgan fingerprint density at radius 1 is 1.08 bits per heavy atom. The standard InChI is InChI=1S/C21H21N3O2/c25-17-9-12-24(13-10-17)20-6-2-1-5-19(20)23-21(26)16-7-8-18-15(14-16)4-3-11-22-18/h1-8,11,14,17,25H,9-10,12-13H2,(H,23,26). The van der Waals surface area contributed by atoms with Crippen molar-refractivity contribution < 1.29 is 9.90 Å². The maximum atomic E-state index is 12.8. The fraction of sp³-hybridized carbons (Fsp3) is 0.238. The number of rotatable bonds is 3. The van der Waals surface area contributed by atoms with E-state index in [-0.39, 0.29) is 12.0 Å². The summed E-state index contributed by atoms with van der Waals surface area (Å²) in [5.74, 6) is -0.139. The summed E-state index contributed by atoms with van der Waals surface area (Å²) in [6.45, 7) is 1.57. The molecule has 0 saturated carbocycles. The molecular weight excluding hydrogens is 326 g/mol. The summed E-state index contributed by atoms with van der Waals surface area (Å²) in [5.41, 5.74) is 3.26. The third-order valence-electron chi connectivity index (χ3n) is 4.82. The lowest BCUT2D eigenvalue weighted by Gasteiger charge is -2.32. The van der Waals surface area contributed by atoms with Crippen LogP contribution in [0.1, 0.15) is 23.2 Å². The fourth-order valence-electron chi connectivity index (χ4n) is 3.37. The first kappa shape index (κ1) is 16.5. The molecular formula is C21H21N3O2. The van der Waals surface area contributed by atoms with Gasteiger partial charge in [-0.1, -0.05) is 18.2 Å². The zero-order valence-corrected chi connectivity index (χ0v) is 14.4. The van der Waals surface area contributed by atoms with Crippen LogP contribution in [0.4, 0.5) is 11.4 Å². The van der Waals surface area contributed by atoms with Gasteiger partial charge in [0.1, 0.15) is 0 Å². The molecule has 0 atom stereocenters. The smallest absolute Gasteiger partial charge is 0.255 e. The van der Waals surface area contributed by atoms with Gasteiger partial charge in [0.25, 0.3) is 5.91 Å². The maximum absolute atomic E-state index is 12.8. The number of fused-ring (bicyclic) bond motifs is 1. The van der Waals surface area contributed by atoms with Crippen molar-refractivity contribution in [1.82, 2.24) is 4.98 Å². The third-order valence-corrected chi connectivity index (χ3v) is 4.82. The topological polar surface area (TPSA) is 65.5 Å². The van der Waals surface area contributed by atoms with Crippen molar-refractivity contribution >= 4 is 28.2 Å². The number of para-hydroxylation sites is 2. The lowest BCUT2D eigenvalue weighted by Crippen LogP contribution is -2.36. The SMILES string of the molecule is O=C(Nc1ccccc1N1CCC(O)CC1)c1ccc2ncccc2c1. The highest BCUT2D eigenvalue weighted by Gasteiger charge is 2.20. The van der Waals surface area contributed by atoms with Crippen molar-refractivity contribution in [1.29, 1.82) is 0 Å². The predicted octanol–water partition coefficient (Wildman–Crippen LogP) is 3.45. The first-order valence-electron chi connectivity index (χ1n) is 8.89. The number of carbonyl (C=O) groups is 1. The van der Waals surface area contributed by atoms with Gasteiger partial charge in [-0.25, -0.2) is 0 Å². The summed E-state index contributed by atoms with van der Waals surface area (Å²) < 4.78 is 0. The second-order valence-electron chi connectivity index (χ2n) is 6.60. The second kappa shape index (κ2) is 7.14. The van der Waals surface area contributed by atoms with Gasteiger partial charge in [-0.05, 0) is 49.2 Å². The highest BCUT2D eigenvalue weighted by molar-refractivity contribution is 6.07. The van der Waals surface area contributed by atoms with Crippen LogP contribution in [-0.2, 0) is 0 Å². The molecule has 0 spiro atoms. The number of anilines is 2. The van der Waals surface area contributed by atoms with E-state index in [1.165, 1.54) is 0 Å². The Balaban J connectivity index is 1.57. The molecule has 1 aromatic heterocycles. The number of aliphatic hydroxyl groups is 1. The number of benzene rings is 2. The van der Waals surface area contributed by atoms with E-state index in [1.54, 1.807) is 12.3 Å². The van der Waals surface area contributed by atoms with Crippen molar-refractivity contribution in [3.05, 3.63) is 66.4 Å². The molecule has 5 heteroatoms.